The van der Waals surface area contributed by atoms with Crippen LogP contribution >= 0.6 is 0 Å². The molecule has 1 aromatic heterocycles. The number of rotatable bonds is 1. The van der Waals surface area contributed by atoms with E-state index in [9.17, 15) is 0 Å². The Kier molecular flexibility index (Phi) is 2.84. The molecule has 5 rings (SSSR count). The fraction of sp³-hybridized carbons (Fsp3) is 0.0952. The van der Waals surface area contributed by atoms with Crippen LogP contribution in [0.3, 0.4) is 0 Å². The summed E-state index contributed by atoms with van der Waals surface area (Å²) < 4.78 is 3.92. The van der Waals surface area contributed by atoms with Crippen molar-refractivity contribution in [2.75, 3.05) is 0 Å². The third-order valence-electron chi connectivity index (χ3n) is 4.90. The molecule has 0 amide bonds. The number of hydrogen-bond donors (Lipinski definition) is 0. The van der Waals surface area contributed by atoms with Gasteiger partial charge in [0, 0.05) is 5.39 Å². The van der Waals surface area contributed by atoms with Crippen LogP contribution in [0.25, 0.3) is 32.3 Å². The Morgan fingerprint density at radius 1 is 0.720 bits per heavy atom. The Morgan fingerprint density at radius 3 is 2.04 bits per heavy atom. The van der Waals surface area contributed by atoms with Crippen molar-refractivity contribution in [1.82, 2.24) is 9.13 Å². The normalized spacial score (nSPS) is 11.4. The van der Waals surface area contributed by atoms with E-state index in [1.165, 1.54) is 26.9 Å². The van der Waals surface area contributed by atoms with Crippen LogP contribution in [0.4, 0.5) is 5.69 Å². The van der Waals surface area contributed by atoms with Gasteiger partial charge in [0.05, 0.1) is 26.5 Å². The highest BCUT2D eigenvalue weighted by Crippen LogP contribution is 2.38. The van der Waals surface area contributed by atoms with Gasteiger partial charge in [-0.1, -0.05) is 48.5 Å². The van der Waals surface area contributed by atoms with Crippen LogP contribution < -0.4 is 5.62 Å². The van der Waals surface area contributed by atoms with E-state index in [-0.39, 0.29) is 0 Å². The van der Waals surface area contributed by atoms with Crippen molar-refractivity contribution < 1.29 is 4.79 Å². The minimum Gasteiger partial charge on any atom is -0.222 e. The first-order valence-electron chi connectivity index (χ1n) is 8.31. The lowest BCUT2D eigenvalue weighted by Crippen LogP contribution is -2.22. The highest BCUT2D eigenvalue weighted by molar-refractivity contribution is 6.24. The molecule has 0 saturated heterocycles. The van der Waals surface area contributed by atoms with E-state index in [1.807, 2.05) is 41.7 Å². The number of hydrogen-bond acceptors (Lipinski definition) is 1. The van der Waals surface area contributed by atoms with Crippen molar-refractivity contribution in [1.29, 1.82) is 0 Å². The van der Waals surface area contributed by atoms with Crippen molar-refractivity contribution in [3.05, 3.63) is 72.6 Å². The van der Waals surface area contributed by atoms with Gasteiger partial charge in [0.1, 0.15) is 5.69 Å². The average molecular weight is 325 g/mol. The first kappa shape index (κ1) is 14.0. The second kappa shape index (κ2) is 5.07. The molecule has 0 bridgehead atoms. The second-order valence-corrected chi connectivity index (χ2v) is 6.46. The largest absolute Gasteiger partial charge is 0.478 e. The molecule has 5 aromatic rings. The molecule has 1 heterocycles. The fourth-order valence-corrected chi connectivity index (χ4v) is 3.63. The lowest BCUT2D eigenvalue weighted by molar-refractivity contribution is -0.151. The van der Waals surface area contributed by atoms with Crippen LogP contribution in [0, 0.1) is 0 Å². The number of aromatic nitrogens is 2. The average Bonchev–Trinajstić information content (AvgIpc) is 2.96. The van der Waals surface area contributed by atoms with E-state index in [0.717, 1.165) is 16.7 Å². The third kappa shape index (κ3) is 2.02. The summed E-state index contributed by atoms with van der Waals surface area (Å²) in [4.78, 5) is 4.47. The zero-order valence-electron chi connectivity index (χ0n) is 14.1. The molecule has 4 aromatic carbocycles. The fourth-order valence-electron chi connectivity index (χ4n) is 3.63. The Hall–Kier alpha value is -3.36. The van der Waals surface area contributed by atoms with Crippen LogP contribution in [0.1, 0.15) is 0 Å². The van der Waals surface area contributed by atoms with Crippen molar-refractivity contribution in [2.24, 2.45) is 19.2 Å². The predicted molar refractivity (Wildman–Crippen MR) is 100 cm³/mol. The maximum atomic E-state index is 4.56. The standard InChI is InChI=1S/C21H17N4/c1-24-12-13-25(2)21(24)23-22-18-11-9-16-7-6-14-4-3-5-15-8-10-17(18)20(16)19(14)15/h3-13H,1-2H3/q+1. The summed E-state index contributed by atoms with van der Waals surface area (Å²) in [5.74, 6) is 0. The summed E-state index contributed by atoms with van der Waals surface area (Å²) in [6.07, 6.45) is 3.94. The second-order valence-electron chi connectivity index (χ2n) is 6.46. The third-order valence-corrected chi connectivity index (χ3v) is 4.90. The Bertz CT molecular complexity index is 1310. The Morgan fingerprint density at radius 2 is 1.32 bits per heavy atom. The predicted octanol–water partition coefficient (Wildman–Crippen LogP) is 4.15. The minimum absolute atomic E-state index is 0.811. The number of nitrogens with zero attached hydrogens (tertiary/aromatic N) is 4. The van der Waals surface area contributed by atoms with E-state index >= 15 is 0 Å². The van der Waals surface area contributed by atoms with E-state index in [4.69, 9.17) is 0 Å². The summed E-state index contributed by atoms with van der Waals surface area (Å²) in [6.45, 7) is 0. The van der Waals surface area contributed by atoms with Crippen LogP contribution in [0.2, 0.25) is 0 Å². The summed E-state index contributed by atoms with van der Waals surface area (Å²) in [5.41, 5.74) is 1.71. The van der Waals surface area contributed by atoms with Gasteiger partial charge in [-0.2, -0.15) is 0 Å². The molecule has 0 fully saturated rings. The van der Waals surface area contributed by atoms with E-state index < -0.39 is 0 Å². The van der Waals surface area contributed by atoms with Gasteiger partial charge < -0.3 is 0 Å². The quantitative estimate of drug-likeness (QED) is 0.252. The van der Waals surface area contributed by atoms with Crippen LogP contribution in [0.5, 0.6) is 0 Å². The number of imidazole rings is 1. The number of benzene rings is 4. The van der Waals surface area contributed by atoms with Gasteiger partial charge in [-0.15, -0.1) is 4.79 Å². The molecule has 0 N–H and O–H groups in total. The summed E-state index contributed by atoms with van der Waals surface area (Å²) in [6, 6.07) is 19.3. The lowest BCUT2D eigenvalue weighted by atomic mass is 9.94. The monoisotopic (exact) mass is 325 g/mol. The van der Waals surface area contributed by atoms with Gasteiger partial charge in [0.2, 0.25) is 0 Å². The summed E-state index contributed by atoms with van der Waals surface area (Å²) >= 11 is 0. The zero-order valence-corrected chi connectivity index (χ0v) is 14.1. The van der Waals surface area contributed by atoms with E-state index in [0.29, 0.717) is 0 Å². The molecule has 0 saturated carbocycles. The Balaban J connectivity index is 1.90. The van der Waals surface area contributed by atoms with Crippen molar-refractivity contribution >= 4 is 38.0 Å². The number of aryl methyl sites for hydroxylation is 2. The van der Waals surface area contributed by atoms with Gasteiger partial charge in [-0.25, -0.2) is 9.13 Å². The molecule has 0 radical (unpaired) electrons. The van der Waals surface area contributed by atoms with Crippen molar-refractivity contribution in [3.63, 3.8) is 0 Å². The maximum absolute atomic E-state index is 4.56. The molecule has 0 aliphatic carbocycles. The molecule has 120 valence electrons. The van der Waals surface area contributed by atoms with Crippen molar-refractivity contribution in [2.45, 2.75) is 0 Å². The topological polar surface area (TPSA) is 36.3 Å². The Labute approximate surface area is 144 Å². The van der Waals surface area contributed by atoms with E-state index in [1.54, 1.807) is 0 Å². The summed E-state index contributed by atoms with van der Waals surface area (Å²) in [5, 5.41) is 12.0. The highest BCUT2D eigenvalue weighted by Gasteiger charge is 2.11. The molecular formula is C21H17N4+. The van der Waals surface area contributed by atoms with Crippen molar-refractivity contribution in [3.8, 4) is 0 Å². The van der Waals surface area contributed by atoms with E-state index in [2.05, 4.69) is 58.4 Å². The molecule has 4 nitrogen and oxygen atoms in total. The SMILES string of the molecule is Cn1ccn(C)c1=[N+]=Nc1ccc2ccc3cccc4ccc1c2c34. The molecule has 0 aliphatic heterocycles. The van der Waals surface area contributed by atoms with Crippen LogP contribution in [-0.2, 0) is 14.1 Å². The minimum atomic E-state index is 0.811. The first-order chi connectivity index (χ1) is 12.2. The van der Waals surface area contributed by atoms with Crippen LogP contribution in [0.15, 0.2) is 72.1 Å². The molecule has 25 heavy (non-hydrogen) atoms. The maximum Gasteiger partial charge on any atom is 0.478 e. The lowest BCUT2D eigenvalue weighted by Gasteiger charge is -2.10. The zero-order chi connectivity index (χ0) is 17.0. The highest BCUT2D eigenvalue weighted by atomic mass is 15.2. The molecule has 0 unspecified atom stereocenters. The van der Waals surface area contributed by atoms with Gasteiger partial charge in [-0.3, -0.25) is 0 Å². The first-order valence-corrected chi connectivity index (χ1v) is 8.31. The van der Waals surface area contributed by atoms with Crippen LogP contribution in [-0.4, -0.2) is 13.9 Å². The molecule has 0 spiro atoms. The molecule has 4 heteroatoms. The molecule has 0 aliphatic rings. The van der Waals surface area contributed by atoms with Gasteiger partial charge in [0.25, 0.3) is 0 Å². The summed E-state index contributed by atoms with van der Waals surface area (Å²) in [7, 11) is 3.94. The van der Waals surface area contributed by atoms with Gasteiger partial charge in [-0.05, 0) is 38.1 Å². The van der Waals surface area contributed by atoms with Gasteiger partial charge >= 0.3 is 5.62 Å². The molecular weight excluding hydrogens is 308 g/mol. The smallest absolute Gasteiger partial charge is 0.222 e. The molecule has 0 atom stereocenters. The van der Waals surface area contributed by atoms with Gasteiger partial charge in [0.15, 0.2) is 0 Å².